The molecule has 0 saturated carbocycles. The van der Waals surface area contributed by atoms with E-state index in [1.54, 1.807) is 21.7 Å². The van der Waals surface area contributed by atoms with Crippen LogP contribution in [0.4, 0.5) is 0 Å². The van der Waals surface area contributed by atoms with Gasteiger partial charge >= 0.3 is 0 Å². The summed E-state index contributed by atoms with van der Waals surface area (Å²) in [4.78, 5) is 22.2. The number of morpholine rings is 1. The highest BCUT2D eigenvalue weighted by Gasteiger charge is 2.37. The summed E-state index contributed by atoms with van der Waals surface area (Å²) in [5, 5.41) is 8.85. The molecule has 6 rings (SSSR count). The Morgan fingerprint density at radius 2 is 1.89 bits per heavy atom. The van der Waals surface area contributed by atoms with Gasteiger partial charge in [0.2, 0.25) is 0 Å². The van der Waals surface area contributed by atoms with E-state index in [0.717, 1.165) is 0 Å². The maximum absolute atomic E-state index is 13.6. The molecule has 198 valence electrons. The van der Waals surface area contributed by atoms with Gasteiger partial charge in [0.05, 0.1) is 41.8 Å². The zero-order valence-corrected chi connectivity index (χ0v) is 21.9. The van der Waals surface area contributed by atoms with Crippen LogP contribution in [0.3, 0.4) is 0 Å². The average molecular weight is 537 g/mol. The predicted molar refractivity (Wildman–Crippen MR) is 141 cm³/mol. The fourth-order valence-corrected chi connectivity index (χ4v) is 6.50. The summed E-state index contributed by atoms with van der Waals surface area (Å²) in [5.41, 5.74) is 3.43. The lowest BCUT2D eigenvalue weighted by Crippen LogP contribution is -2.41. The standard InChI is InChI=1S/C26H28N6O5S/c1-30(2)15-22-27-25(37-29-22)17-6-5-7-18(14-17)32-24-19-8-3-4-9-21(19)38(34,35)16-20(24)23(28-32)26(33)31-10-12-36-13-11-31/h3-9,14,34-35H,10-13,15-16H2,1-2H3. The molecule has 12 heteroatoms. The van der Waals surface area contributed by atoms with Gasteiger partial charge in [0.25, 0.3) is 11.8 Å². The maximum Gasteiger partial charge on any atom is 0.274 e. The summed E-state index contributed by atoms with van der Waals surface area (Å²) >= 11 is 0. The highest BCUT2D eigenvalue weighted by atomic mass is 32.3. The fourth-order valence-electron chi connectivity index (χ4n) is 4.85. The van der Waals surface area contributed by atoms with Crippen molar-refractivity contribution in [2.75, 3.05) is 40.4 Å². The number of amides is 1. The van der Waals surface area contributed by atoms with Crippen LogP contribution in [0.15, 0.2) is 57.9 Å². The van der Waals surface area contributed by atoms with Crippen molar-refractivity contribution in [2.24, 2.45) is 0 Å². The van der Waals surface area contributed by atoms with Gasteiger partial charge in [-0.25, -0.2) is 4.68 Å². The first-order valence-electron chi connectivity index (χ1n) is 12.2. The Hall–Kier alpha value is -3.55. The van der Waals surface area contributed by atoms with E-state index in [1.165, 1.54) is 0 Å². The highest BCUT2D eigenvalue weighted by molar-refractivity contribution is 8.23. The van der Waals surface area contributed by atoms with E-state index in [4.69, 9.17) is 14.4 Å². The van der Waals surface area contributed by atoms with Gasteiger partial charge < -0.3 is 19.1 Å². The van der Waals surface area contributed by atoms with Crippen LogP contribution in [-0.4, -0.2) is 85.1 Å². The van der Waals surface area contributed by atoms with E-state index >= 15 is 0 Å². The molecule has 0 bridgehead atoms. The number of nitrogens with zero attached hydrogens (tertiary/aromatic N) is 6. The van der Waals surface area contributed by atoms with Gasteiger partial charge in [0.15, 0.2) is 11.5 Å². The molecule has 11 nitrogen and oxygen atoms in total. The largest absolute Gasteiger partial charge is 0.378 e. The quantitative estimate of drug-likeness (QED) is 0.392. The second-order valence-corrected chi connectivity index (χ2v) is 11.7. The zero-order valence-electron chi connectivity index (χ0n) is 21.1. The molecule has 1 saturated heterocycles. The van der Waals surface area contributed by atoms with Crippen molar-refractivity contribution in [1.29, 1.82) is 0 Å². The van der Waals surface area contributed by atoms with Crippen LogP contribution in [0.2, 0.25) is 0 Å². The van der Waals surface area contributed by atoms with E-state index < -0.39 is 10.6 Å². The third kappa shape index (κ3) is 4.40. The first-order chi connectivity index (χ1) is 18.3. The van der Waals surface area contributed by atoms with Crippen molar-refractivity contribution in [1.82, 2.24) is 29.7 Å². The summed E-state index contributed by atoms with van der Waals surface area (Å²) in [6, 6.07) is 14.7. The minimum absolute atomic E-state index is 0.0813. The van der Waals surface area contributed by atoms with E-state index in [0.29, 0.717) is 77.5 Å². The lowest BCUT2D eigenvalue weighted by molar-refractivity contribution is 0.0298. The molecule has 1 fully saturated rings. The molecule has 2 aromatic carbocycles. The maximum atomic E-state index is 13.6. The Bertz CT molecular complexity index is 1510. The number of fused-ring (bicyclic) bond motifs is 3. The lowest BCUT2D eigenvalue weighted by Gasteiger charge is -2.38. The van der Waals surface area contributed by atoms with Crippen LogP contribution in [0.25, 0.3) is 28.4 Å². The first kappa shape index (κ1) is 24.8. The second kappa shape index (κ2) is 9.64. The van der Waals surface area contributed by atoms with E-state index in [9.17, 15) is 13.9 Å². The Balaban J connectivity index is 1.49. The fraction of sp³-hybridized carbons (Fsp3) is 0.308. The van der Waals surface area contributed by atoms with Crippen molar-refractivity contribution in [3.8, 4) is 28.4 Å². The molecule has 0 spiro atoms. The third-order valence-electron chi connectivity index (χ3n) is 6.59. The Kier molecular flexibility index (Phi) is 6.28. The zero-order chi connectivity index (χ0) is 26.4. The minimum Gasteiger partial charge on any atom is -0.378 e. The van der Waals surface area contributed by atoms with E-state index in [-0.39, 0.29) is 17.4 Å². The van der Waals surface area contributed by atoms with Gasteiger partial charge in [-0.3, -0.25) is 13.9 Å². The SMILES string of the molecule is CN(C)Cc1noc(-c2cccc(-n3nc(C(=O)N4CCOCC4)c4c3-c3ccccc3S(O)(O)C4)c2)n1. The molecule has 2 N–H and O–H groups in total. The van der Waals surface area contributed by atoms with Gasteiger partial charge in [-0.1, -0.05) is 29.4 Å². The lowest BCUT2D eigenvalue weighted by atomic mass is 10.0. The number of benzene rings is 2. The topological polar surface area (TPSA) is 130 Å². The Morgan fingerprint density at radius 1 is 1.11 bits per heavy atom. The van der Waals surface area contributed by atoms with E-state index in [2.05, 4.69) is 10.1 Å². The number of hydrogen-bond donors (Lipinski definition) is 2. The molecule has 2 aliphatic heterocycles. The number of carbonyl (C=O) groups is 1. The van der Waals surface area contributed by atoms with Crippen molar-refractivity contribution in [3.63, 3.8) is 0 Å². The minimum atomic E-state index is -3.16. The van der Waals surface area contributed by atoms with Gasteiger partial charge in [-0.05, 0) is 38.4 Å². The van der Waals surface area contributed by atoms with Gasteiger partial charge in [0, 0.05) is 29.8 Å². The summed E-state index contributed by atoms with van der Waals surface area (Å²) < 4.78 is 34.7. The molecule has 0 radical (unpaired) electrons. The number of hydrogen-bond acceptors (Lipinski definition) is 9. The van der Waals surface area contributed by atoms with Gasteiger partial charge in [0.1, 0.15) is 0 Å². The smallest absolute Gasteiger partial charge is 0.274 e. The van der Waals surface area contributed by atoms with Crippen LogP contribution in [0, 0.1) is 0 Å². The van der Waals surface area contributed by atoms with Crippen LogP contribution in [0.1, 0.15) is 21.9 Å². The van der Waals surface area contributed by atoms with Gasteiger partial charge in [-0.2, -0.15) is 20.7 Å². The summed E-state index contributed by atoms with van der Waals surface area (Å²) in [5.74, 6) is 0.620. The van der Waals surface area contributed by atoms with Crippen molar-refractivity contribution >= 4 is 16.5 Å². The summed E-state index contributed by atoms with van der Waals surface area (Å²) in [6.07, 6.45) is 0. The summed E-state index contributed by atoms with van der Waals surface area (Å²) in [6.45, 7) is 2.36. The first-order valence-corrected chi connectivity index (χ1v) is 14.0. The monoisotopic (exact) mass is 536 g/mol. The van der Waals surface area contributed by atoms with Crippen LogP contribution in [0.5, 0.6) is 0 Å². The van der Waals surface area contributed by atoms with Crippen molar-refractivity contribution in [3.05, 3.63) is 65.6 Å². The van der Waals surface area contributed by atoms with E-state index in [1.807, 2.05) is 55.4 Å². The molecule has 0 atom stereocenters. The molecule has 0 unspecified atom stereocenters. The molecular formula is C26H28N6O5S. The Morgan fingerprint density at radius 3 is 2.68 bits per heavy atom. The van der Waals surface area contributed by atoms with Crippen LogP contribution in [-0.2, 0) is 17.0 Å². The number of rotatable bonds is 5. The number of ether oxygens (including phenoxy) is 1. The molecule has 38 heavy (non-hydrogen) atoms. The Labute approximate surface area is 221 Å². The van der Waals surface area contributed by atoms with Crippen molar-refractivity contribution < 1.29 is 23.2 Å². The molecule has 4 heterocycles. The summed E-state index contributed by atoms with van der Waals surface area (Å²) in [7, 11) is 0.706. The van der Waals surface area contributed by atoms with Gasteiger partial charge in [-0.15, -0.1) is 0 Å². The highest BCUT2D eigenvalue weighted by Crippen LogP contribution is 2.59. The molecule has 0 aliphatic carbocycles. The van der Waals surface area contributed by atoms with Crippen LogP contribution >= 0.6 is 10.6 Å². The third-order valence-corrected chi connectivity index (χ3v) is 8.34. The number of carbonyl (C=O) groups excluding carboxylic acids is 1. The second-order valence-electron chi connectivity index (χ2n) is 9.60. The molecule has 2 aliphatic rings. The molecule has 2 aromatic heterocycles. The molecule has 4 aromatic rings. The normalized spacial score (nSPS) is 17.2. The predicted octanol–water partition coefficient (Wildman–Crippen LogP) is 3.75. The molecule has 1 amide bonds. The van der Waals surface area contributed by atoms with Crippen LogP contribution < -0.4 is 0 Å². The number of aromatic nitrogens is 4. The molecular weight excluding hydrogens is 508 g/mol. The van der Waals surface area contributed by atoms with Crippen molar-refractivity contribution in [2.45, 2.75) is 17.2 Å². The average Bonchev–Trinajstić information content (AvgIpc) is 3.53.